The van der Waals surface area contributed by atoms with Crippen LogP contribution in [0, 0.1) is 29.6 Å². The first kappa shape index (κ1) is 65.9. The highest BCUT2D eigenvalue weighted by Gasteiger charge is 2.62. The molecule has 3 aromatic carbocycles. The molecule has 25 nitrogen and oxygen atoms in total. The number of nitrogens with two attached hydrogens (primary N) is 1. The first-order valence-electron chi connectivity index (χ1n) is 31.8. The van der Waals surface area contributed by atoms with Gasteiger partial charge in [-0.25, -0.2) is 24.4 Å². The summed E-state index contributed by atoms with van der Waals surface area (Å²) in [4.78, 5) is 130. The molecule has 5 heterocycles. The Labute approximate surface area is 547 Å². The molecular formula is C68H79N13O12S. The molecule has 4 aliphatic carbocycles. The lowest BCUT2D eigenvalue weighted by Crippen LogP contribution is -2.61. The van der Waals surface area contributed by atoms with E-state index in [0.29, 0.717) is 77.5 Å². The van der Waals surface area contributed by atoms with Crippen molar-refractivity contribution in [1.29, 1.82) is 0 Å². The number of benzene rings is 3. The predicted octanol–water partition coefficient (Wildman–Crippen LogP) is 7.72. The number of pyridine rings is 1. The lowest BCUT2D eigenvalue weighted by Gasteiger charge is -2.65. The van der Waals surface area contributed by atoms with Gasteiger partial charge in [0.25, 0.3) is 17.7 Å². The number of carboxylic acids is 1. The van der Waals surface area contributed by atoms with Crippen LogP contribution < -0.4 is 37.2 Å². The number of anilines is 3. The van der Waals surface area contributed by atoms with Crippen molar-refractivity contribution < 1.29 is 57.7 Å². The van der Waals surface area contributed by atoms with Crippen LogP contribution in [0.5, 0.6) is 0 Å². The van der Waals surface area contributed by atoms with Crippen molar-refractivity contribution in [3.8, 4) is 11.1 Å². The van der Waals surface area contributed by atoms with Gasteiger partial charge < -0.3 is 51.4 Å². The maximum Gasteiger partial charge on any atom is 0.409 e. The third kappa shape index (κ3) is 14.9. The van der Waals surface area contributed by atoms with Gasteiger partial charge in [-0.15, -0.1) is 0 Å². The molecular weight excluding hydrogens is 1220 g/mol. The molecule has 12 rings (SSSR count). The monoisotopic (exact) mass is 1300 g/mol. The molecule has 6 aromatic rings. The summed E-state index contributed by atoms with van der Waals surface area (Å²) >= 11 is 1.41. The van der Waals surface area contributed by atoms with E-state index in [9.17, 15) is 48.3 Å². The number of carbonyl (C=O) groups is 9. The number of hydrogen-bond acceptors (Lipinski definition) is 16. The minimum atomic E-state index is -1.15. The Morgan fingerprint density at radius 3 is 2.38 bits per heavy atom. The number of urea groups is 1. The average Bonchev–Trinajstić information content (AvgIpc) is 0.713. The van der Waals surface area contributed by atoms with E-state index >= 15 is 0 Å². The summed E-state index contributed by atoms with van der Waals surface area (Å²) in [5.41, 5.74) is 11.0. The van der Waals surface area contributed by atoms with Crippen LogP contribution in [0.2, 0.25) is 0 Å². The van der Waals surface area contributed by atoms with Crippen molar-refractivity contribution in [3.05, 3.63) is 131 Å². The zero-order valence-corrected chi connectivity index (χ0v) is 54.1. The molecule has 6 aliphatic rings. The highest BCUT2D eigenvalue weighted by Crippen LogP contribution is 2.68. The molecule has 494 valence electrons. The number of aromatic nitrogens is 4. The second-order valence-electron chi connectivity index (χ2n) is 26.4. The molecule has 8 N–H and O–H groups in total. The van der Waals surface area contributed by atoms with Crippen LogP contribution in [-0.2, 0) is 59.6 Å². The van der Waals surface area contributed by atoms with E-state index in [0.717, 1.165) is 82.6 Å². The molecule has 6 atom stereocenters. The number of likely N-dealkylation sites (N-methyl/N-ethyl adjacent to an activating group) is 1. The van der Waals surface area contributed by atoms with Gasteiger partial charge in [0, 0.05) is 93.0 Å². The van der Waals surface area contributed by atoms with E-state index in [2.05, 4.69) is 38.5 Å². The van der Waals surface area contributed by atoms with E-state index < -0.39 is 71.2 Å². The van der Waals surface area contributed by atoms with Crippen LogP contribution in [-0.4, -0.2) is 146 Å². The molecule has 4 unspecified atom stereocenters. The number of amides is 9. The largest absolute Gasteiger partial charge is 0.476 e. The predicted molar refractivity (Wildman–Crippen MR) is 350 cm³/mol. The van der Waals surface area contributed by atoms with Gasteiger partial charge in [-0.3, -0.25) is 43.7 Å². The van der Waals surface area contributed by atoms with Crippen molar-refractivity contribution in [2.24, 2.45) is 28.4 Å². The summed E-state index contributed by atoms with van der Waals surface area (Å²) in [5.74, 6) is -3.72. The Balaban J connectivity index is 0.669. The van der Waals surface area contributed by atoms with Gasteiger partial charge in [0.05, 0.1) is 28.6 Å². The third-order valence-corrected chi connectivity index (χ3v) is 19.7. The van der Waals surface area contributed by atoms with E-state index in [1.165, 1.54) is 16.2 Å². The number of hydrogen-bond donors (Lipinski definition) is 7. The van der Waals surface area contributed by atoms with Gasteiger partial charge in [0.15, 0.2) is 10.8 Å². The fourth-order valence-corrected chi connectivity index (χ4v) is 15.9. The van der Waals surface area contributed by atoms with Crippen LogP contribution in [0.25, 0.3) is 21.3 Å². The van der Waals surface area contributed by atoms with Crippen molar-refractivity contribution >= 4 is 91.7 Å². The SMILES string of the molecule is Cc1c(-c2ccc(N3CCc4cccc(C(=O)Nc5nc6ccccc6s5)c4C3)nc2C(=O)O)cnn1CC12CC3CC(C)(C1)CC(OCCN(C)C(=O)OCc1ccc(NC(=O)[C@H](CCCNC(N)=O)NC(=O)[C@@H](NC(=O)CCN4C(=O)C=CC4=O)C(C)C)cc1)(C3)C2. The summed E-state index contributed by atoms with van der Waals surface area (Å²) < 4.78 is 15.6. The quantitative estimate of drug-likeness (QED) is 0.0202. The Bertz CT molecular complexity index is 3930. The lowest BCUT2D eigenvalue weighted by molar-refractivity contribution is -0.223. The molecule has 4 saturated carbocycles. The highest BCUT2D eigenvalue weighted by atomic mass is 32.1. The first-order chi connectivity index (χ1) is 44.9. The van der Waals surface area contributed by atoms with Crippen LogP contribution in [0.15, 0.2) is 97.2 Å². The van der Waals surface area contributed by atoms with E-state index in [4.69, 9.17) is 25.3 Å². The molecule has 0 radical (unpaired) electrons. The smallest absolute Gasteiger partial charge is 0.409 e. The van der Waals surface area contributed by atoms with Gasteiger partial charge in [-0.1, -0.05) is 68.5 Å². The number of imide groups is 1. The van der Waals surface area contributed by atoms with E-state index in [1.807, 2.05) is 71.1 Å². The lowest BCUT2D eigenvalue weighted by atomic mass is 9.43. The second-order valence-corrected chi connectivity index (χ2v) is 27.5. The molecule has 2 aliphatic heterocycles. The summed E-state index contributed by atoms with van der Waals surface area (Å²) in [6.07, 6.45) is 10.0. The zero-order valence-electron chi connectivity index (χ0n) is 53.3. The van der Waals surface area contributed by atoms with Crippen LogP contribution in [0.3, 0.4) is 0 Å². The second kappa shape index (κ2) is 27.6. The Morgan fingerprint density at radius 2 is 1.65 bits per heavy atom. The first-order valence-corrected chi connectivity index (χ1v) is 32.6. The highest BCUT2D eigenvalue weighted by molar-refractivity contribution is 7.22. The normalized spacial score (nSPS) is 20.8. The number of carbonyl (C=O) groups excluding carboxylic acids is 8. The van der Waals surface area contributed by atoms with Crippen molar-refractivity contribution in [2.45, 2.75) is 129 Å². The molecule has 94 heavy (non-hydrogen) atoms. The van der Waals surface area contributed by atoms with Crippen LogP contribution >= 0.6 is 11.3 Å². The fraction of sp³-hybridized carbons (Fsp3) is 0.441. The van der Waals surface area contributed by atoms with Gasteiger partial charge in [0.2, 0.25) is 17.7 Å². The summed E-state index contributed by atoms with van der Waals surface area (Å²) in [7, 11) is 1.66. The molecule has 4 fully saturated rings. The number of fused-ring (bicyclic) bond motifs is 2. The third-order valence-electron chi connectivity index (χ3n) is 18.8. The van der Waals surface area contributed by atoms with Gasteiger partial charge in [0.1, 0.15) is 24.5 Å². The number of para-hydroxylation sites is 1. The summed E-state index contributed by atoms with van der Waals surface area (Å²) in [6, 6.07) is 20.9. The summed E-state index contributed by atoms with van der Waals surface area (Å²) in [6.45, 7) is 9.86. The van der Waals surface area contributed by atoms with Crippen molar-refractivity contribution in [1.82, 2.24) is 45.5 Å². The standard InChI is InChI=1S/C68H79N13O12S/c1-40(2)57(76-54(82)24-27-80-55(83)21-22-56(80)84)61(87)73-51(13-9-25-70-63(69)90)60(86)72-45-17-15-42(16-18-45)35-92-65(91)78(5)28-29-93-68-32-43-30-66(4,37-68)36-67(31-43,38-68)39-81-41(3)48(33-71-81)46-19-20-53(75-58(46)62(88)89)79-26-23-44-10-8-11-47(49(44)34-79)59(85)77-64-74-50-12-6-7-14-52(50)94-64/h6-8,10-12,14-22,33,40,43,51,57H,9,13,23-32,34-39H2,1-5H3,(H,72,86)(H,73,87)(H,76,82)(H,88,89)(H3,69,70,90)(H,74,77,85)/t43?,51-,57-,66?,67?,68?/m0/s1. The van der Waals surface area contributed by atoms with Gasteiger partial charge in [-0.2, -0.15) is 5.10 Å². The zero-order chi connectivity index (χ0) is 66.6. The Hall–Kier alpha value is -9.56. The molecule has 0 spiro atoms. The van der Waals surface area contributed by atoms with E-state index in [-0.39, 0.29) is 67.9 Å². The van der Waals surface area contributed by atoms with Gasteiger partial charge in [-0.05, 0) is 147 Å². The van der Waals surface area contributed by atoms with Crippen LogP contribution in [0.1, 0.15) is 122 Å². The fourth-order valence-electron chi connectivity index (χ4n) is 15.0. The molecule has 3 aromatic heterocycles. The number of carboxylic acid groups (broad SMARTS) is 1. The van der Waals surface area contributed by atoms with Crippen LogP contribution in [0.4, 0.5) is 26.2 Å². The molecule has 26 heteroatoms. The van der Waals surface area contributed by atoms with Crippen molar-refractivity contribution in [2.75, 3.05) is 55.4 Å². The minimum absolute atomic E-state index is 0.0427. The van der Waals surface area contributed by atoms with E-state index in [1.54, 1.807) is 51.4 Å². The van der Waals surface area contributed by atoms with Gasteiger partial charge >= 0.3 is 18.1 Å². The maximum atomic E-state index is 13.8. The number of ether oxygens (including phenoxy) is 2. The topological polar surface area (TPSA) is 332 Å². The number of rotatable bonds is 26. The van der Waals surface area contributed by atoms with Crippen molar-refractivity contribution in [3.63, 3.8) is 0 Å². The molecule has 9 amide bonds. The maximum absolute atomic E-state index is 13.8. The summed E-state index contributed by atoms with van der Waals surface area (Å²) in [5, 5.41) is 29.8. The number of nitrogens with one attached hydrogen (secondary N) is 5. The molecule has 0 saturated heterocycles. The average molecular weight is 1300 g/mol. The number of nitrogens with zero attached hydrogens (tertiary/aromatic N) is 7. The Morgan fingerprint density at radius 1 is 0.872 bits per heavy atom. The number of thiazole rings is 1. The number of aromatic carboxylic acids is 1. The molecule has 4 bridgehead atoms. The Kier molecular flexibility index (Phi) is 19.3. The number of primary amides is 1. The minimum Gasteiger partial charge on any atom is -0.476 e.